The smallest absolute Gasteiger partial charge is 0.0544 e. The maximum Gasteiger partial charge on any atom is 0.0544 e. The van der Waals surface area contributed by atoms with E-state index in [-0.39, 0.29) is 0 Å². The summed E-state index contributed by atoms with van der Waals surface area (Å²) in [6, 6.07) is 4.19. The molecule has 3 nitrogen and oxygen atoms in total. The van der Waals surface area contributed by atoms with Crippen LogP contribution < -0.4 is 5.73 Å². The molecule has 1 atom stereocenters. The molecule has 2 rings (SSSR count). The summed E-state index contributed by atoms with van der Waals surface area (Å²) in [6.07, 6.45) is 5.93. The van der Waals surface area contributed by atoms with Crippen LogP contribution >= 0.6 is 0 Å². The molecule has 0 aromatic carbocycles. The van der Waals surface area contributed by atoms with Crippen molar-refractivity contribution in [2.75, 3.05) is 13.1 Å². The molecule has 1 saturated heterocycles. The van der Waals surface area contributed by atoms with Crippen LogP contribution in [0, 0.1) is 5.92 Å². The molecule has 17 heavy (non-hydrogen) atoms. The normalized spacial score (nSPS) is 20.9. The molecule has 2 heterocycles. The van der Waals surface area contributed by atoms with Gasteiger partial charge in [0.25, 0.3) is 0 Å². The lowest BCUT2D eigenvalue weighted by Crippen LogP contribution is -2.20. The standard InChI is InChI=1S/C14H23N3/c1-2-3-12-6-7-17(10-12)11-14-5-4-13(8-15)9-16-14/h4-5,9,12H,2-3,6-8,10-11,15H2,1H3. The maximum atomic E-state index is 5.56. The number of hydrogen-bond acceptors (Lipinski definition) is 3. The molecule has 1 unspecified atom stereocenters. The van der Waals surface area contributed by atoms with Crippen molar-refractivity contribution in [3.63, 3.8) is 0 Å². The number of nitrogens with zero attached hydrogens (tertiary/aromatic N) is 2. The molecule has 0 amide bonds. The number of aromatic nitrogens is 1. The number of likely N-dealkylation sites (tertiary alicyclic amines) is 1. The van der Waals surface area contributed by atoms with Crippen LogP contribution in [0.2, 0.25) is 0 Å². The van der Waals surface area contributed by atoms with Gasteiger partial charge in [-0.15, -0.1) is 0 Å². The highest BCUT2D eigenvalue weighted by Crippen LogP contribution is 2.21. The van der Waals surface area contributed by atoms with Crippen LogP contribution in [0.5, 0.6) is 0 Å². The highest BCUT2D eigenvalue weighted by Gasteiger charge is 2.21. The average molecular weight is 233 g/mol. The summed E-state index contributed by atoms with van der Waals surface area (Å²) in [7, 11) is 0. The molecule has 0 aliphatic carbocycles. The Balaban J connectivity index is 1.84. The Labute approximate surface area is 104 Å². The zero-order chi connectivity index (χ0) is 12.1. The van der Waals surface area contributed by atoms with E-state index in [9.17, 15) is 0 Å². The van der Waals surface area contributed by atoms with Gasteiger partial charge < -0.3 is 5.73 Å². The van der Waals surface area contributed by atoms with Crippen LogP contribution in [0.3, 0.4) is 0 Å². The largest absolute Gasteiger partial charge is 0.326 e. The van der Waals surface area contributed by atoms with Gasteiger partial charge in [0, 0.05) is 25.8 Å². The summed E-state index contributed by atoms with van der Waals surface area (Å²) in [6.45, 7) is 6.32. The van der Waals surface area contributed by atoms with Gasteiger partial charge in [-0.2, -0.15) is 0 Å². The monoisotopic (exact) mass is 233 g/mol. The van der Waals surface area contributed by atoms with Crippen LogP contribution in [0.1, 0.15) is 37.4 Å². The van der Waals surface area contributed by atoms with E-state index in [2.05, 4.69) is 28.9 Å². The zero-order valence-corrected chi connectivity index (χ0v) is 10.7. The van der Waals surface area contributed by atoms with Crippen molar-refractivity contribution in [2.24, 2.45) is 11.7 Å². The van der Waals surface area contributed by atoms with E-state index in [1.807, 2.05) is 6.20 Å². The fraction of sp³-hybridized carbons (Fsp3) is 0.643. The van der Waals surface area contributed by atoms with Gasteiger partial charge in [-0.05, 0) is 36.9 Å². The minimum atomic E-state index is 0.579. The molecule has 0 saturated carbocycles. The van der Waals surface area contributed by atoms with Gasteiger partial charge in [0.05, 0.1) is 5.69 Å². The molecule has 1 aromatic heterocycles. The molecule has 0 radical (unpaired) electrons. The minimum Gasteiger partial charge on any atom is -0.326 e. The SMILES string of the molecule is CCCC1CCN(Cc2ccc(CN)cn2)C1. The van der Waals surface area contributed by atoms with E-state index in [0.717, 1.165) is 18.0 Å². The van der Waals surface area contributed by atoms with Crippen molar-refractivity contribution in [1.29, 1.82) is 0 Å². The Morgan fingerprint density at radius 1 is 1.47 bits per heavy atom. The van der Waals surface area contributed by atoms with Crippen molar-refractivity contribution in [1.82, 2.24) is 9.88 Å². The molecule has 1 fully saturated rings. The zero-order valence-electron chi connectivity index (χ0n) is 10.7. The van der Waals surface area contributed by atoms with Gasteiger partial charge in [0.2, 0.25) is 0 Å². The summed E-state index contributed by atoms with van der Waals surface area (Å²) < 4.78 is 0. The third-order valence-corrected chi connectivity index (χ3v) is 3.57. The number of nitrogens with two attached hydrogens (primary N) is 1. The lowest BCUT2D eigenvalue weighted by atomic mass is 10.0. The summed E-state index contributed by atoms with van der Waals surface area (Å²) in [5, 5.41) is 0. The van der Waals surface area contributed by atoms with Crippen LogP contribution in [-0.4, -0.2) is 23.0 Å². The topological polar surface area (TPSA) is 42.1 Å². The first kappa shape index (κ1) is 12.5. The summed E-state index contributed by atoms with van der Waals surface area (Å²) in [5.74, 6) is 0.906. The molecular formula is C14H23N3. The lowest BCUT2D eigenvalue weighted by Gasteiger charge is -2.15. The molecule has 1 aliphatic rings. The van der Waals surface area contributed by atoms with Gasteiger partial charge >= 0.3 is 0 Å². The molecule has 1 aromatic rings. The molecule has 94 valence electrons. The second-order valence-corrected chi connectivity index (χ2v) is 5.04. The predicted octanol–water partition coefficient (Wildman–Crippen LogP) is 2.16. The minimum absolute atomic E-state index is 0.579. The van der Waals surface area contributed by atoms with Gasteiger partial charge in [0.1, 0.15) is 0 Å². The van der Waals surface area contributed by atoms with E-state index in [0.29, 0.717) is 6.54 Å². The molecular weight excluding hydrogens is 210 g/mol. The fourth-order valence-electron chi connectivity index (χ4n) is 2.60. The first-order valence-electron chi connectivity index (χ1n) is 6.68. The van der Waals surface area contributed by atoms with Crippen molar-refractivity contribution >= 4 is 0 Å². The molecule has 0 bridgehead atoms. The predicted molar refractivity (Wildman–Crippen MR) is 70.4 cm³/mol. The first-order chi connectivity index (χ1) is 8.31. The van der Waals surface area contributed by atoms with Crippen LogP contribution in [0.25, 0.3) is 0 Å². The Kier molecular flexibility index (Phi) is 4.51. The van der Waals surface area contributed by atoms with Crippen molar-refractivity contribution in [3.05, 3.63) is 29.6 Å². The molecule has 3 heteroatoms. The van der Waals surface area contributed by atoms with Crippen molar-refractivity contribution in [3.8, 4) is 0 Å². The number of hydrogen-bond donors (Lipinski definition) is 1. The summed E-state index contributed by atoms with van der Waals surface area (Å²) >= 11 is 0. The lowest BCUT2D eigenvalue weighted by molar-refractivity contribution is 0.309. The highest BCUT2D eigenvalue weighted by atomic mass is 15.1. The number of rotatable bonds is 5. The van der Waals surface area contributed by atoms with E-state index in [4.69, 9.17) is 5.73 Å². The third-order valence-electron chi connectivity index (χ3n) is 3.57. The van der Waals surface area contributed by atoms with Crippen molar-refractivity contribution < 1.29 is 0 Å². The highest BCUT2D eigenvalue weighted by molar-refractivity contribution is 5.13. The van der Waals surface area contributed by atoms with E-state index < -0.39 is 0 Å². The number of pyridine rings is 1. The molecule has 0 spiro atoms. The first-order valence-corrected chi connectivity index (χ1v) is 6.68. The van der Waals surface area contributed by atoms with E-state index in [1.54, 1.807) is 0 Å². The van der Waals surface area contributed by atoms with Crippen LogP contribution in [0.4, 0.5) is 0 Å². The Hall–Kier alpha value is -0.930. The van der Waals surface area contributed by atoms with Crippen LogP contribution in [-0.2, 0) is 13.1 Å². The fourth-order valence-corrected chi connectivity index (χ4v) is 2.60. The Morgan fingerprint density at radius 2 is 2.35 bits per heavy atom. The maximum absolute atomic E-state index is 5.56. The second-order valence-electron chi connectivity index (χ2n) is 5.04. The summed E-state index contributed by atoms with van der Waals surface area (Å²) in [4.78, 5) is 6.98. The van der Waals surface area contributed by atoms with E-state index >= 15 is 0 Å². The molecule has 1 aliphatic heterocycles. The van der Waals surface area contributed by atoms with E-state index in [1.165, 1.54) is 38.0 Å². The van der Waals surface area contributed by atoms with Gasteiger partial charge in [-0.3, -0.25) is 9.88 Å². The quantitative estimate of drug-likeness (QED) is 0.847. The Bertz CT molecular complexity index is 334. The Morgan fingerprint density at radius 3 is 3.00 bits per heavy atom. The average Bonchev–Trinajstić information content (AvgIpc) is 2.78. The third kappa shape index (κ3) is 3.51. The molecule has 2 N–H and O–H groups in total. The summed E-state index contributed by atoms with van der Waals surface area (Å²) in [5.41, 5.74) is 7.84. The van der Waals surface area contributed by atoms with Crippen LogP contribution in [0.15, 0.2) is 18.3 Å². The van der Waals surface area contributed by atoms with Gasteiger partial charge in [0.15, 0.2) is 0 Å². The van der Waals surface area contributed by atoms with Crippen molar-refractivity contribution in [2.45, 2.75) is 39.3 Å². The van der Waals surface area contributed by atoms with Gasteiger partial charge in [-0.25, -0.2) is 0 Å². The van der Waals surface area contributed by atoms with Gasteiger partial charge in [-0.1, -0.05) is 19.4 Å². The second kappa shape index (κ2) is 6.12.